The SMILES string of the molecule is O=C(Nc1ccn(-c2ccccc2)n1)c1csc(-c2cnn(-c3ccccc3)c2)n1. The number of nitrogens with one attached hydrogen (secondary N) is 1. The molecule has 1 N–H and O–H groups in total. The number of rotatable bonds is 5. The van der Waals surface area contributed by atoms with Crippen LogP contribution >= 0.6 is 11.3 Å². The van der Waals surface area contributed by atoms with E-state index in [9.17, 15) is 4.79 Å². The molecule has 2 aromatic carbocycles. The lowest BCUT2D eigenvalue weighted by Crippen LogP contribution is -2.13. The van der Waals surface area contributed by atoms with Gasteiger partial charge in [-0.2, -0.15) is 10.2 Å². The van der Waals surface area contributed by atoms with Gasteiger partial charge < -0.3 is 5.32 Å². The summed E-state index contributed by atoms with van der Waals surface area (Å²) >= 11 is 1.40. The van der Waals surface area contributed by atoms with Crippen molar-refractivity contribution in [2.24, 2.45) is 0 Å². The Morgan fingerprint density at radius 3 is 2.33 bits per heavy atom. The number of nitrogens with zero attached hydrogens (tertiary/aromatic N) is 5. The molecule has 0 aliphatic carbocycles. The van der Waals surface area contributed by atoms with Gasteiger partial charge in [-0.3, -0.25) is 4.79 Å². The van der Waals surface area contributed by atoms with Gasteiger partial charge in [0.2, 0.25) is 0 Å². The molecule has 0 saturated carbocycles. The predicted octanol–water partition coefficient (Wildman–Crippen LogP) is 4.43. The van der Waals surface area contributed by atoms with Crippen molar-refractivity contribution in [1.82, 2.24) is 24.5 Å². The van der Waals surface area contributed by atoms with Crippen LogP contribution < -0.4 is 5.32 Å². The van der Waals surface area contributed by atoms with Crippen LogP contribution in [-0.4, -0.2) is 30.5 Å². The number of amides is 1. The van der Waals surface area contributed by atoms with Crippen LogP contribution in [-0.2, 0) is 0 Å². The molecule has 7 nitrogen and oxygen atoms in total. The van der Waals surface area contributed by atoms with Gasteiger partial charge in [0.25, 0.3) is 5.91 Å². The number of carbonyl (C=O) groups is 1. The Bertz CT molecular complexity index is 1290. The molecule has 0 bridgehead atoms. The largest absolute Gasteiger partial charge is 0.304 e. The van der Waals surface area contributed by atoms with Crippen LogP contribution in [0.15, 0.2) is 90.7 Å². The summed E-state index contributed by atoms with van der Waals surface area (Å²) in [4.78, 5) is 17.1. The molecule has 0 aliphatic rings. The van der Waals surface area contributed by atoms with Gasteiger partial charge >= 0.3 is 0 Å². The van der Waals surface area contributed by atoms with Crippen LogP contribution in [0.1, 0.15) is 10.5 Å². The molecule has 146 valence electrons. The second-order valence-electron chi connectivity index (χ2n) is 6.48. The van der Waals surface area contributed by atoms with Gasteiger partial charge in [-0.05, 0) is 24.3 Å². The van der Waals surface area contributed by atoms with Crippen molar-refractivity contribution in [2.45, 2.75) is 0 Å². The molecule has 0 radical (unpaired) electrons. The smallest absolute Gasteiger partial charge is 0.276 e. The number of anilines is 1. The zero-order valence-corrected chi connectivity index (χ0v) is 16.5. The molecule has 0 unspecified atom stereocenters. The third kappa shape index (κ3) is 3.63. The normalized spacial score (nSPS) is 10.8. The molecule has 0 aliphatic heterocycles. The standard InChI is InChI=1S/C22H16N6OS/c29-21(25-20-11-12-27(26-20)17-7-3-1-4-8-17)19-15-30-22(24-19)16-13-23-28(14-16)18-9-5-2-6-10-18/h1-15H,(H,25,26,29). The van der Waals surface area contributed by atoms with Gasteiger partial charge in [0, 0.05) is 29.4 Å². The topological polar surface area (TPSA) is 77.6 Å². The highest BCUT2D eigenvalue weighted by atomic mass is 32.1. The highest BCUT2D eigenvalue weighted by Gasteiger charge is 2.15. The Morgan fingerprint density at radius 2 is 1.60 bits per heavy atom. The summed E-state index contributed by atoms with van der Waals surface area (Å²) in [5.74, 6) is 0.168. The lowest BCUT2D eigenvalue weighted by atomic mass is 10.3. The minimum atomic E-state index is -0.300. The average Bonchev–Trinajstić information content (AvgIpc) is 3.55. The molecule has 0 saturated heterocycles. The molecule has 8 heteroatoms. The van der Waals surface area contributed by atoms with Crippen LogP contribution in [0.4, 0.5) is 5.82 Å². The first kappa shape index (κ1) is 18.0. The lowest BCUT2D eigenvalue weighted by molar-refractivity contribution is 0.102. The van der Waals surface area contributed by atoms with Crippen LogP contribution in [0.3, 0.4) is 0 Å². The molecule has 0 spiro atoms. The number of aromatic nitrogens is 5. The summed E-state index contributed by atoms with van der Waals surface area (Å²) in [7, 11) is 0. The van der Waals surface area contributed by atoms with Gasteiger partial charge in [-0.25, -0.2) is 14.3 Å². The number of thiazole rings is 1. The summed E-state index contributed by atoms with van der Waals surface area (Å²) in [5, 5.41) is 14.0. The van der Waals surface area contributed by atoms with E-state index in [2.05, 4.69) is 20.5 Å². The van der Waals surface area contributed by atoms with Gasteiger partial charge in [0.05, 0.1) is 17.6 Å². The fourth-order valence-corrected chi connectivity index (χ4v) is 3.74. The molecular weight excluding hydrogens is 396 g/mol. The molecule has 3 heterocycles. The van der Waals surface area contributed by atoms with Crippen molar-refractivity contribution in [2.75, 3.05) is 5.32 Å². The zero-order valence-electron chi connectivity index (χ0n) is 15.7. The van der Waals surface area contributed by atoms with E-state index in [0.717, 1.165) is 21.9 Å². The van der Waals surface area contributed by atoms with Crippen molar-refractivity contribution in [3.63, 3.8) is 0 Å². The fraction of sp³-hybridized carbons (Fsp3) is 0. The number of carbonyl (C=O) groups excluding carboxylic acids is 1. The van der Waals surface area contributed by atoms with E-state index < -0.39 is 0 Å². The third-order valence-corrected chi connectivity index (χ3v) is 5.33. The summed E-state index contributed by atoms with van der Waals surface area (Å²) < 4.78 is 3.49. The average molecular weight is 412 g/mol. The van der Waals surface area contributed by atoms with Gasteiger partial charge in [-0.15, -0.1) is 11.3 Å². The first-order valence-corrected chi connectivity index (χ1v) is 10.1. The molecular formula is C22H16N6OS. The highest BCUT2D eigenvalue weighted by molar-refractivity contribution is 7.13. The monoisotopic (exact) mass is 412 g/mol. The minimum Gasteiger partial charge on any atom is -0.304 e. The van der Waals surface area contributed by atoms with E-state index in [-0.39, 0.29) is 5.91 Å². The van der Waals surface area contributed by atoms with E-state index in [1.54, 1.807) is 33.2 Å². The van der Waals surface area contributed by atoms with Crippen LogP contribution in [0.25, 0.3) is 21.9 Å². The summed E-state index contributed by atoms with van der Waals surface area (Å²) in [5.41, 5.74) is 3.09. The maximum absolute atomic E-state index is 12.6. The molecule has 5 rings (SSSR count). The Hall–Kier alpha value is -4.04. The maximum Gasteiger partial charge on any atom is 0.276 e. The second-order valence-corrected chi connectivity index (χ2v) is 7.34. The van der Waals surface area contributed by atoms with Crippen LogP contribution in [0.2, 0.25) is 0 Å². The molecule has 0 atom stereocenters. The van der Waals surface area contributed by atoms with E-state index in [1.807, 2.05) is 66.9 Å². The van der Waals surface area contributed by atoms with Crippen molar-refractivity contribution >= 4 is 23.1 Å². The van der Waals surface area contributed by atoms with Crippen LogP contribution in [0, 0.1) is 0 Å². The van der Waals surface area contributed by atoms with Crippen molar-refractivity contribution in [3.05, 3.63) is 96.4 Å². The van der Waals surface area contributed by atoms with Gasteiger partial charge in [0.1, 0.15) is 10.7 Å². The van der Waals surface area contributed by atoms with Crippen molar-refractivity contribution in [3.8, 4) is 21.9 Å². The first-order chi connectivity index (χ1) is 14.8. The van der Waals surface area contributed by atoms with Gasteiger partial charge in [0.15, 0.2) is 5.82 Å². The number of para-hydroxylation sites is 2. The predicted molar refractivity (Wildman–Crippen MR) is 116 cm³/mol. The Morgan fingerprint density at radius 1 is 0.900 bits per heavy atom. The maximum atomic E-state index is 12.6. The minimum absolute atomic E-state index is 0.300. The Balaban J connectivity index is 1.31. The Kier molecular flexibility index (Phi) is 4.66. The van der Waals surface area contributed by atoms with Gasteiger partial charge in [-0.1, -0.05) is 36.4 Å². The van der Waals surface area contributed by atoms with Crippen molar-refractivity contribution < 1.29 is 4.79 Å². The second kappa shape index (κ2) is 7.76. The zero-order chi connectivity index (χ0) is 20.3. The first-order valence-electron chi connectivity index (χ1n) is 9.25. The number of hydrogen-bond donors (Lipinski definition) is 1. The van der Waals surface area contributed by atoms with E-state index >= 15 is 0 Å². The van der Waals surface area contributed by atoms with Crippen LogP contribution in [0.5, 0.6) is 0 Å². The Labute approximate surface area is 176 Å². The summed E-state index contributed by atoms with van der Waals surface area (Å²) in [6.45, 7) is 0. The fourth-order valence-electron chi connectivity index (χ4n) is 2.96. The molecule has 30 heavy (non-hydrogen) atoms. The summed E-state index contributed by atoms with van der Waals surface area (Å²) in [6, 6.07) is 21.3. The highest BCUT2D eigenvalue weighted by Crippen LogP contribution is 2.24. The lowest BCUT2D eigenvalue weighted by Gasteiger charge is -2.01. The van der Waals surface area contributed by atoms with E-state index in [4.69, 9.17) is 0 Å². The van der Waals surface area contributed by atoms with Crippen molar-refractivity contribution in [1.29, 1.82) is 0 Å². The summed E-state index contributed by atoms with van der Waals surface area (Å²) in [6.07, 6.45) is 5.45. The van der Waals surface area contributed by atoms with E-state index in [1.165, 1.54) is 11.3 Å². The molecule has 5 aromatic rings. The molecule has 3 aromatic heterocycles. The quantitative estimate of drug-likeness (QED) is 0.463. The third-order valence-electron chi connectivity index (χ3n) is 4.44. The number of benzene rings is 2. The molecule has 1 amide bonds. The molecule has 0 fully saturated rings. The number of hydrogen-bond acceptors (Lipinski definition) is 5. The van der Waals surface area contributed by atoms with E-state index in [0.29, 0.717) is 11.5 Å².